The first-order valence-corrected chi connectivity index (χ1v) is 9.31. The molecule has 0 saturated heterocycles. The summed E-state index contributed by atoms with van der Waals surface area (Å²) in [6.45, 7) is 2.11. The molecule has 0 aliphatic heterocycles. The van der Waals surface area contributed by atoms with E-state index in [4.69, 9.17) is 5.73 Å². The van der Waals surface area contributed by atoms with Crippen molar-refractivity contribution in [3.8, 4) is 0 Å². The Morgan fingerprint density at radius 1 is 1.33 bits per heavy atom. The van der Waals surface area contributed by atoms with Gasteiger partial charge in [0, 0.05) is 18.5 Å². The molecule has 4 N–H and O–H groups in total. The Bertz CT molecular complexity index is 715. The van der Waals surface area contributed by atoms with Crippen LogP contribution in [-0.4, -0.2) is 33.9 Å². The number of aryl methyl sites for hydroxylation is 1. The van der Waals surface area contributed by atoms with Gasteiger partial charge in [0.2, 0.25) is 0 Å². The number of hydrogen-bond acceptors (Lipinski definition) is 6. The summed E-state index contributed by atoms with van der Waals surface area (Å²) >= 11 is 0. The number of benzene rings is 1. The van der Waals surface area contributed by atoms with Crippen molar-refractivity contribution in [3.05, 3.63) is 33.9 Å². The smallest absolute Gasteiger partial charge is 0.331 e. The average molecular weight is 377 g/mol. The second kappa shape index (κ2) is 8.94. The number of nitrogens with one attached hydrogen (secondary N) is 1. The molecule has 0 aromatic heterocycles. The van der Waals surface area contributed by atoms with Crippen LogP contribution in [0.2, 0.25) is 0 Å². The standard InChI is InChI=1S/C19H27N3O5/c1-13-8-9-16(22(26)27)15(12-13)21-11-5-10-19(20,18(24)25)17(23)14-6-3-2-4-7-14/h8-9,12,14,21H,2-7,10-11,20H2,1H3,(H,24,25)/t19-/m0/s1. The molecule has 1 aliphatic rings. The molecule has 0 radical (unpaired) electrons. The van der Waals surface area contributed by atoms with Crippen molar-refractivity contribution < 1.29 is 19.6 Å². The summed E-state index contributed by atoms with van der Waals surface area (Å²) in [5.74, 6) is -1.98. The van der Waals surface area contributed by atoms with E-state index in [-0.39, 0.29) is 24.6 Å². The minimum absolute atomic E-state index is 0.00964. The lowest BCUT2D eigenvalue weighted by Gasteiger charge is -2.30. The van der Waals surface area contributed by atoms with E-state index >= 15 is 0 Å². The monoisotopic (exact) mass is 377 g/mol. The van der Waals surface area contributed by atoms with Crippen LogP contribution in [0.3, 0.4) is 0 Å². The van der Waals surface area contributed by atoms with E-state index in [1.807, 2.05) is 6.92 Å². The molecule has 1 fully saturated rings. The van der Waals surface area contributed by atoms with Crippen molar-refractivity contribution in [2.45, 2.75) is 57.4 Å². The minimum Gasteiger partial charge on any atom is -0.480 e. The van der Waals surface area contributed by atoms with Crippen LogP contribution in [0.25, 0.3) is 0 Å². The molecule has 8 nitrogen and oxygen atoms in total. The van der Waals surface area contributed by atoms with Crippen LogP contribution in [0, 0.1) is 23.0 Å². The number of rotatable bonds is 9. The molecule has 1 aromatic rings. The topological polar surface area (TPSA) is 136 Å². The number of nitro benzene ring substituents is 1. The molecule has 0 unspecified atom stereocenters. The third-order valence-corrected chi connectivity index (χ3v) is 5.21. The Hall–Kier alpha value is -2.48. The summed E-state index contributed by atoms with van der Waals surface area (Å²) in [4.78, 5) is 35.0. The van der Waals surface area contributed by atoms with Crippen molar-refractivity contribution in [1.82, 2.24) is 0 Å². The van der Waals surface area contributed by atoms with Gasteiger partial charge < -0.3 is 16.2 Å². The van der Waals surface area contributed by atoms with Gasteiger partial charge in [-0.25, -0.2) is 4.79 Å². The Morgan fingerprint density at radius 3 is 2.59 bits per heavy atom. The van der Waals surface area contributed by atoms with Crippen LogP contribution in [0.4, 0.5) is 11.4 Å². The fourth-order valence-electron chi connectivity index (χ4n) is 3.61. The van der Waals surface area contributed by atoms with Gasteiger partial charge in [0.25, 0.3) is 5.69 Å². The Kier molecular flexibility index (Phi) is 6.90. The Balaban J connectivity index is 1.99. The van der Waals surface area contributed by atoms with Gasteiger partial charge in [-0.05, 0) is 44.2 Å². The molecule has 148 valence electrons. The van der Waals surface area contributed by atoms with Gasteiger partial charge in [0.1, 0.15) is 5.69 Å². The third-order valence-electron chi connectivity index (χ3n) is 5.21. The van der Waals surface area contributed by atoms with Crippen LogP contribution in [0.15, 0.2) is 18.2 Å². The maximum Gasteiger partial charge on any atom is 0.331 e. The molecule has 1 aromatic carbocycles. The largest absolute Gasteiger partial charge is 0.480 e. The molecule has 27 heavy (non-hydrogen) atoms. The molecular weight excluding hydrogens is 350 g/mol. The van der Waals surface area contributed by atoms with Gasteiger partial charge >= 0.3 is 5.97 Å². The van der Waals surface area contributed by atoms with Gasteiger partial charge in [0.15, 0.2) is 11.3 Å². The van der Waals surface area contributed by atoms with E-state index in [9.17, 15) is 24.8 Å². The van der Waals surface area contributed by atoms with Crippen molar-refractivity contribution in [2.75, 3.05) is 11.9 Å². The first kappa shape index (κ1) is 20.8. The molecule has 0 amide bonds. The normalized spacial score (nSPS) is 17.1. The van der Waals surface area contributed by atoms with Gasteiger partial charge in [-0.1, -0.05) is 25.3 Å². The second-order valence-electron chi connectivity index (χ2n) is 7.28. The average Bonchev–Trinajstić information content (AvgIpc) is 2.64. The number of aliphatic carboxylic acids is 1. The predicted molar refractivity (Wildman–Crippen MR) is 102 cm³/mol. The lowest BCUT2D eigenvalue weighted by atomic mass is 9.76. The summed E-state index contributed by atoms with van der Waals surface area (Å²) < 4.78 is 0. The fraction of sp³-hybridized carbons (Fsp3) is 0.579. The molecule has 1 saturated carbocycles. The highest BCUT2D eigenvalue weighted by atomic mass is 16.6. The summed E-state index contributed by atoms with van der Waals surface area (Å²) in [7, 11) is 0. The fourth-order valence-corrected chi connectivity index (χ4v) is 3.61. The maximum atomic E-state index is 12.7. The Labute approximate surface area is 158 Å². The van der Waals surface area contributed by atoms with Gasteiger partial charge in [-0.2, -0.15) is 0 Å². The number of nitrogens with zero attached hydrogens (tertiary/aromatic N) is 1. The number of carbonyl (C=O) groups excluding carboxylic acids is 1. The van der Waals surface area contributed by atoms with E-state index in [0.29, 0.717) is 24.9 Å². The number of ketones is 1. The van der Waals surface area contributed by atoms with Gasteiger partial charge in [-0.3, -0.25) is 14.9 Å². The highest BCUT2D eigenvalue weighted by molar-refractivity contribution is 6.08. The minimum atomic E-state index is -1.90. The predicted octanol–water partition coefficient (Wildman–Crippen LogP) is 3.03. The number of carboxylic acids is 1. The SMILES string of the molecule is Cc1ccc([N+](=O)[O-])c(NCCC[C@@](N)(C(=O)O)C(=O)C2CCCCC2)c1. The molecule has 1 atom stereocenters. The van der Waals surface area contributed by atoms with Crippen molar-refractivity contribution in [2.24, 2.45) is 11.7 Å². The van der Waals surface area contributed by atoms with Crippen LogP contribution in [0.1, 0.15) is 50.5 Å². The van der Waals surface area contributed by atoms with Crippen LogP contribution >= 0.6 is 0 Å². The molecule has 1 aliphatic carbocycles. The van der Waals surface area contributed by atoms with E-state index in [0.717, 1.165) is 24.8 Å². The van der Waals surface area contributed by atoms with Crippen LogP contribution in [-0.2, 0) is 9.59 Å². The first-order valence-electron chi connectivity index (χ1n) is 9.31. The molecule has 2 rings (SSSR count). The number of nitrogens with two attached hydrogens (primary N) is 1. The van der Waals surface area contributed by atoms with E-state index < -0.39 is 22.2 Å². The molecule has 0 heterocycles. The van der Waals surface area contributed by atoms with E-state index in [2.05, 4.69) is 5.32 Å². The number of nitro groups is 1. The number of carbonyl (C=O) groups is 2. The van der Waals surface area contributed by atoms with Gasteiger partial charge in [-0.15, -0.1) is 0 Å². The van der Waals surface area contributed by atoms with Crippen molar-refractivity contribution >= 4 is 23.1 Å². The molecular formula is C19H27N3O5. The van der Waals surface area contributed by atoms with Crippen LogP contribution in [0.5, 0.6) is 0 Å². The van der Waals surface area contributed by atoms with Gasteiger partial charge in [0.05, 0.1) is 4.92 Å². The number of carboxylic acid groups (broad SMARTS) is 1. The zero-order valence-corrected chi connectivity index (χ0v) is 15.6. The zero-order valence-electron chi connectivity index (χ0n) is 15.6. The number of Topliss-reactive ketones (excluding diaryl/α,β-unsaturated/α-hetero) is 1. The van der Waals surface area contributed by atoms with E-state index in [1.165, 1.54) is 6.07 Å². The summed E-state index contributed by atoms with van der Waals surface area (Å²) in [6, 6.07) is 4.74. The lowest BCUT2D eigenvalue weighted by molar-refractivity contribution is -0.384. The zero-order chi connectivity index (χ0) is 20.0. The number of hydrogen-bond donors (Lipinski definition) is 3. The quantitative estimate of drug-likeness (QED) is 0.260. The maximum absolute atomic E-state index is 12.7. The Morgan fingerprint density at radius 2 is 2.00 bits per heavy atom. The lowest BCUT2D eigenvalue weighted by Crippen LogP contribution is -2.57. The van der Waals surface area contributed by atoms with E-state index in [1.54, 1.807) is 12.1 Å². The summed E-state index contributed by atoms with van der Waals surface area (Å²) in [6.07, 6.45) is 4.59. The molecule has 8 heteroatoms. The summed E-state index contributed by atoms with van der Waals surface area (Å²) in [5.41, 5.74) is 5.31. The first-order chi connectivity index (χ1) is 12.8. The van der Waals surface area contributed by atoms with Crippen molar-refractivity contribution in [3.63, 3.8) is 0 Å². The van der Waals surface area contributed by atoms with Crippen LogP contribution < -0.4 is 11.1 Å². The second-order valence-corrected chi connectivity index (χ2v) is 7.28. The summed E-state index contributed by atoms with van der Waals surface area (Å²) in [5, 5.41) is 23.6. The third kappa shape index (κ3) is 5.03. The number of anilines is 1. The highest BCUT2D eigenvalue weighted by Gasteiger charge is 2.44. The molecule has 0 spiro atoms. The van der Waals surface area contributed by atoms with Crippen molar-refractivity contribution in [1.29, 1.82) is 0 Å². The highest BCUT2D eigenvalue weighted by Crippen LogP contribution is 2.30. The molecule has 0 bridgehead atoms.